The molecule has 2 atom stereocenters. The normalized spacial score (nSPS) is 19.0. The summed E-state index contributed by atoms with van der Waals surface area (Å²) in [6.07, 6.45) is 1.63. The maximum Gasteiger partial charge on any atom is 0.274 e. The lowest BCUT2D eigenvalue weighted by atomic mass is 10.0. The second-order valence-corrected chi connectivity index (χ2v) is 8.28. The molecule has 7 nitrogen and oxygen atoms in total. The van der Waals surface area contributed by atoms with Gasteiger partial charge in [0.1, 0.15) is 5.76 Å². The van der Waals surface area contributed by atoms with Crippen molar-refractivity contribution in [2.75, 3.05) is 13.1 Å². The minimum absolute atomic E-state index is 0.0242. The third kappa shape index (κ3) is 4.59. The average Bonchev–Trinajstić information content (AvgIpc) is 3.36. The van der Waals surface area contributed by atoms with Crippen molar-refractivity contribution in [3.05, 3.63) is 83.6 Å². The van der Waals surface area contributed by atoms with Gasteiger partial charge in [0.25, 0.3) is 11.8 Å². The third-order valence-corrected chi connectivity index (χ3v) is 5.99. The lowest BCUT2D eigenvalue weighted by molar-refractivity contribution is 0.0270. The first-order valence-corrected chi connectivity index (χ1v) is 10.7. The van der Waals surface area contributed by atoms with E-state index in [9.17, 15) is 9.59 Å². The summed E-state index contributed by atoms with van der Waals surface area (Å²) in [5, 5.41) is 8.76. The van der Waals surface area contributed by atoms with Gasteiger partial charge in [0.2, 0.25) is 0 Å². The van der Waals surface area contributed by atoms with Crippen LogP contribution in [0.1, 0.15) is 40.1 Å². The molecule has 0 aliphatic carbocycles. The zero-order chi connectivity index (χ0) is 22.7. The van der Waals surface area contributed by atoms with Gasteiger partial charge in [-0.15, -0.1) is 0 Å². The van der Waals surface area contributed by atoms with Gasteiger partial charge in [0, 0.05) is 48.4 Å². The molecule has 3 aromatic rings. The fourth-order valence-corrected chi connectivity index (χ4v) is 4.30. The van der Waals surface area contributed by atoms with Crippen LogP contribution in [-0.2, 0) is 6.54 Å². The first kappa shape index (κ1) is 21.8. The molecule has 32 heavy (non-hydrogen) atoms. The van der Waals surface area contributed by atoms with Crippen LogP contribution in [0.3, 0.4) is 0 Å². The summed E-state index contributed by atoms with van der Waals surface area (Å²) in [6, 6.07) is 18.8. The van der Waals surface area contributed by atoms with Gasteiger partial charge in [0.15, 0.2) is 0 Å². The van der Waals surface area contributed by atoms with Crippen LogP contribution < -0.4 is 5.48 Å². The fourth-order valence-electron chi connectivity index (χ4n) is 4.30. The Morgan fingerprint density at radius 2 is 1.72 bits per heavy atom. The van der Waals surface area contributed by atoms with Crippen molar-refractivity contribution in [2.24, 2.45) is 0 Å². The number of benzene rings is 2. The maximum atomic E-state index is 13.2. The van der Waals surface area contributed by atoms with Gasteiger partial charge < -0.3 is 9.32 Å². The van der Waals surface area contributed by atoms with E-state index in [2.05, 4.69) is 18.7 Å². The van der Waals surface area contributed by atoms with E-state index in [4.69, 9.17) is 9.62 Å². The van der Waals surface area contributed by atoms with E-state index in [1.165, 1.54) is 0 Å². The van der Waals surface area contributed by atoms with Crippen LogP contribution in [0.15, 0.2) is 71.3 Å². The number of carbonyl (C=O) groups excluding carboxylic acids is 2. The molecule has 2 aromatic carbocycles. The summed E-state index contributed by atoms with van der Waals surface area (Å²) in [5.41, 5.74) is 4.67. The molecule has 2 amide bonds. The Morgan fingerprint density at radius 1 is 1.00 bits per heavy atom. The highest BCUT2D eigenvalue weighted by atomic mass is 16.5. The second kappa shape index (κ2) is 9.38. The van der Waals surface area contributed by atoms with E-state index in [1.54, 1.807) is 23.9 Å². The van der Waals surface area contributed by atoms with Crippen LogP contribution >= 0.6 is 0 Å². The SMILES string of the molecule is CC1CN(C(=O)c2cccc(-c3ccco3)c2)CC(C)N1Cc1ccc(C(=O)NO)cc1. The first-order valence-electron chi connectivity index (χ1n) is 10.7. The van der Waals surface area contributed by atoms with E-state index < -0.39 is 5.91 Å². The van der Waals surface area contributed by atoms with Crippen LogP contribution in [0.5, 0.6) is 0 Å². The van der Waals surface area contributed by atoms with Crippen molar-refractivity contribution < 1.29 is 19.2 Å². The molecule has 0 saturated carbocycles. The van der Waals surface area contributed by atoms with Gasteiger partial charge in [-0.1, -0.05) is 24.3 Å². The second-order valence-electron chi connectivity index (χ2n) is 8.28. The summed E-state index contributed by atoms with van der Waals surface area (Å²) in [5.74, 6) is 0.242. The van der Waals surface area contributed by atoms with Gasteiger partial charge in [-0.3, -0.25) is 19.7 Å². The Kier molecular flexibility index (Phi) is 6.39. The number of rotatable bonds is 5. The Bertz CT molecular complexity index is 1070. The topological polar surface area (TPSA) is 86.0 Å². The minimum atomic E-state index is -0.526. The molecule has 1 saturated heterocycles. The van der Waals surface area contributed by atoms with E-state index in [0.29, 0.717) is 24.2 Å². The van der Waals surface area contributed by atoms with E-state index in [0.717, 1.165) is 23.4 Å². The first-order chi connectivity index (χ1) is 15.5. The molecule has 1 aromatic heterocycles. The Labute approximate surface area is 187 Å². The van der Waals surface area contributed by atoms with Gasteiger partial charge in [-0.05, 0) is 55.8 Å². The number of carbonyl (C=O) groups is 2. The third-order valence-electron chi connectivity index (χ3n) is 5.99. The molecule has 0 spiro atoms. The highest BCUT2D eigenvalue weighted by Crippen LogP contribution is 2.24. The molecule has 4 rings (SSSR count). The van der Waals surface area contributed by atoms with Gasteiger partial charge in [0.05, 0.1) is 6.26 Å². The van der Waals surface area contributed by atoms with Crippen molar-refractivity contribution in [2.45, 2.75) is 32.5 Å². The highest BCUT2D eigenvalue weighted by Gasteiger charge is 2.32. The molecule has 2 N–H and O–H groups in total. The van der Waals surface area contributed by atoms with Crippen LogP contribution in [0, 0.1) is 0 Å². The predicted octanol–water partition coefficient (Wildman–Crippen LogP) is 3.80. The number of hydrogen-bond acceptors (Lipinski definition) is 5. The summed E-state index contributed by atoms with van der Waals surface area (Å²) < 4.78 is 5.47. The van der Waals surface area contributed by atoms with E-state index >= 15 is 0 Å². The molecule has 1 fully saturated rings. The molecule has 2 heterocycles. The standard InChI is InChI=1S/C25H27N3O4/c1-17-14-27(25(30)22-6-3-5-21(13-22)23-7-4-12-32-23)15-18(2)28(17)16-19-8-10-20(11-9-19)24(29)26-31/h3-13,17-18,31H,14-16H2,1-2H3,(H,26,29). The molecular formula is C25H27N3O4. The Balaban J connectivity index is 1.43. The van der Waals surface area contributed by atoms with E-state index in [1.807, 2.05) is 53.4 Å². The smallest absolute Gasteiger partial charge is 0.274 e. The number of nitrogens with one attached hydrogen (secondary N) is 1. The zero-order valence-corrected chi connectivity index (χ0v) is 18.2. The summed E-state index contributed by atoms with van der Waals surface area (Å²) in [7, 11) is 0. The van der Waals surface area contributed by atoms with Crippen molar-refractivity contribution in [1.82, 2.24) is 15.3 Å². The average molecular weight is 434 g/mol. The van der Waals surface area contributed by atoms with Crippen molar-refractivity contribution in [3.63, 3.8) is 0 Å². The molecular weight excluding hydrogens is 406 g/mol. The van der Waals surface area contributed by atoms with Gasteiger partial charge >= 0.3 is 0 Å². The van der Waals surface area contributed by atoms with Crippen molar-refractivity contribution in [3.8, 4) is 11.3 Å². The van der Waals surface area contributed by atoms with Gasteiger partial charge in [-0.2, -0.15) is 0 Å². The highest BCUT2D eigenvalue weighted by molar-refractivity contribution is 5.95. The summed E-state index contributed by atoms with van der Waals surface area (Å²) in [4.78, 5) is 29.0. The number of nitrogens with zero attached hydrogens (tertiary/aromatic N) is 2. The molecule has 0 radical (unpaired) electrons. The molecule has 1 aliphatic rings. The molecule has 166 valence electrons. The predicted molar refractivity (Wildman–Crippen MR) is 120 cm³/mol. The largest absolute Gasteiger partial charge is 0.464 e. The fraction of sp³-hybridized carbons (Fsp3) is 0.280. The van der Waals surface area contributed by atoms with Crippen molar-refractivity contribution >= 4 is 11.8 Å². The van der Waals surface area contributed by atoms with Crippen LogP contribution in [-0.4, -0.2) is 52.0 Å². The van der Waals surface area contributed by atoms with Gasteiger partial charge in [-0.25, -0.2) is 5.48 Å². The monoisotopic (exact) mass is 433 g/mol. The molecule has 7 heteroatoms. The number of hydrogen-bond donors (Lipinski definition) is 2. The Hall–Kier alpha value is -3.42. The number of hydroxylamine groups is 1. The summed E-state index contributed by atoms with van der Waals surface area (Å²) in [6.45, 7) is 6.25. The number of piperazine rings is 1. The van der Waals surface area contributed by atoms with Crippen molar-refractivity contribution in [1.29, 1.82) is 0 Å². The molecule has 1 aliphatic heterocycles. The maximum absolute atomic E-state index is 13.2. The summed E-state index contributed by atoms with van der Waals surface area (Å²) >= 11 is 0. The lowest BCUT2D eigenvalue weighted by Crippen LogP contribution is -2.57. The van der Waals surface area contributed by atoms with Crippen LogP contribution in [0.4, 0.5) is 0 Å². The quantitative estimate of drug-likeness (QED) is 0.472. The number of furan rings is 1. The lowest BCUT2D eigenvalue weighted by Gasteiger charge is -2.44. The zero-order valence-electron chi connectivity index (χ0n) is 18.2. The Morgan fingerprint density at radius 3 is 2.34 bits per heavy atom. The van der Waals surface area contributed by atoms with Crippen LogP contribution in [0.25, 0.3) is 11.3 Å². The number of amides is 2. The molecule has 0 bridgehead atoms. The molecule has 2 unspecified atom stereocenters. The minimum Gasteiger partial charge on any atom is -0.464 e. The van der Waals surface area contributed by atoms with E-state index in [-0.39, 0.29) is 18.0 Å². The van der Waals surface area contributed by atoms with Crippen LogP contribution in [0.2, 0.25) is 0 Å².